The van der Waals surface area contributed by atoms with Crippen LogP contribution >= 0.6 is 11.3 Å². The molecule has 0 unspecified atom stereocenters. The highest BCUT2D eigenvalue weighted by atomic mass is 32.1. The second-order valence-corrected chi connectivity index (χ2v) is 6.91. The highest BCUT2D eigenvalue weighted by molar-refractivity contribution is 7.09. The van der Waals surface area contributed by atoms with Gasteiger partial charge in [0.2, 0.25) is 0 Å². The third kappa shape index (κ3) is 4.07. The van der Waals surface area contributed by atoms with Crippen molar-refractivity contribution in [3.05, 3.63) is 91.7 Å². The molecule has 3 rings (SSSR count). The summed E-state index contributed by atoms with van der Waals surface area (Å²) in [6.45, 7) is 0.362. The monoisotopic (exact) mass is 395 g/mol. The number of carbonyl (C=O) groups is 2. The zero-order valence-electron chi connectivity index (χ0n) is 15.0. The van der Waals surface area contributed by atoms with E-state index in [1.807, 2.05) is 17.5 Å². The summed E-state index contributed by atoms with van der Waals surface area (Å²) in [4.78, 5) is 37.3. The predicted molar refractivity (Wildman–Crippen MR) is 108 cm³/mol. The summed E-state index contributed by atoms with van der Waals surface area (Å²) in [5.41, 5.74) is 0.669. The van der Waals surface area contributed by atoms with Crippen LogP contribution < -0.4 is 10.6 Å². The third-order valence-corrected chi connectivity index (χ3v) is 5.02. The Labute approximate surface area is 165 Å². The molecule has 2 N–H and O–H groups in total. The molecule has 2 aromatic carbocycles. The first-order valence-corrected chi connectivity index (χ1v) is 9.29. The lowest BCUT2D eigenvalue weighted by Crippen LogP contribution is -2.24. The zero-order valence-corrected chi connectivity index (χ0v) is 15.8. The number of hydrogen-bond acceptors (Lipinski definition) is 6. The second kappa shape index (κ2) is 8.45. The topological polar surface area (TPSA) is 101 Å². The molecule has 0 saturated heterocycles. The van der Waals surface area contributed by atoms with E-state index in [2.05, 4.69) is 10.6 Å². The summed E-state index contributed by atoms with van der Waals surface area (Å²) in [7, 11) is 1.57. The van der Waals surface area contributed by atoms with Crippen LogP contribution in [0, 0.1) is 10.1 Å². The number of ketones is 1. The smallest absolute Gasteiger partial charge is 0.293 e. The molecule has 1 heterocycles. The molecule has 0 spiro atoms. The normalized spacial score (nSPS) is 10.3. The molecule has 0 aliphatic carbocycles. The number of anilines is 1. The Balaban J connectivity index is 1.89. The Morgan fingerprint density at radius 1 is 1.07 bits per heavy atom. The maximum atomic E-state index is 13.0. The first-order chi connectivity index (χ1) is 13.5. The van der Waals surface area contributed by atoms with Crippen molar-refractivity contribution in [2.75, 3.05) is 12.4 Å². The van der Waals surface area contributed by atoms with E-state index in [4.69, 9.17) is 0 Å². The van der Waals surface area contributed by atoms with Gasteiger partial charge in [-0.1, -0.05) is 24.3 Å². The van der Waals surface area contributed by atoms with Crippen LogP contribution in [0.1, 0.15) is 31.2 Å². The summed E-state index contributed by atoms with van der Waals surface area (Å²) in [6, 6.07) is 14.4. The van der Waals surface area contributed by atoms with Crippen molar-refractivity contribution < 1.29 is 14.5 Å². The number of nitrogens with one attached hydrogen (secondary N) is 2. The lowest BCUT2D eigenvalue weighted by molar-refractivity contribution is -0.384. The number of nitro groups is 1. The number of rotatable bonds is 7. The first-order valence-electron chi connectivity index (χ1n) is 8.41. The molecule has 8 heteroatoms. The lowest BCUT2D eigenvalue weighted by atomic mass is 9.97. The molecule has 1 amide bonds. The molecular weight excluding hydrogens is 378 g/mol. The van der Waals surface area contributed by atoms with Crippen molar-refractivity contribution in [1.82, 2.24) is 5.32 Å². The van der Waals surface area contributed by atoms with E-state index >= 15 is 0 Å². The fourth-order valence-electron chi connectivity index (χ4n) is 2.75. The van der Waals surface area contributed by atoms with Gasteiger partial charge in [-0.3, -0.25) is 19.7 Å². The van der Waals surface area contributed by atoms with E-state index in [1.165, 1.54) is 29.5 Å². The number of hydrogen-bond donors (Lipinski definition) is 2. The van der Waals surface area contributed by atoms with Gasteiger partial charge in [0.25, 0.3) is 11.6 Å². The average Bonchev–Trinajstić information content (AvgIpc) is 3.24. The highest BCUT2D eigenvalue weighted by Gasteiger charge is 2.21. The molecule has 0 bridgehead atoms. The number of carbonyl (C=O) groups excluding carboxylic acids is 2. The van der Waals surface area contributed by atoms with Gasteiger partial charge in [0.05, 0.1) is 17.0 Å². The molecule has 1 aromatic heterocycles. The van der Waals surface area contributed by atoms with Crippen LogP contribution in [0.5, 0.6) is 0 Å². The van der Waals surface area contributed by atoms with Gasteiger partial charge < -0.3 is 10.6 Å². The molecule has 7 nitrogen and oxygen atoms in total. The van der Waals surface area contributed by atoms with E-state index in [0.717, 1.165) is 4.88 Å². The fraction of sp³-hybridized carbons (Fsp3) is 0.100. The standard InChI is InChI=1S/C20H17N3O4S/c1-21-17-9-8-13(11-18(17)23(26)27)19(24)15-6-2-3-7-16(15)20(25)22-12-14-5-4-10-28-14/h2-11,21H,12H2,1H3,(H,22,25). The van der Waals surface area contributed by atoms with E-state index in [1.54, 1.807) is 31.3 Å². The van der Waals surface area contributed by atoms with Crippen molar-refractivity contribution in [3.8, 4) is 0 Å². The second-order valence-electron chi connectivity index (χ2n) is 5.88. The van der Waals surface area contributed by atoms with Crippen molar-refractivity contribution in [2.45, 2.75) is 6.54 Å². The Hall–Kier alpha value is -3.52. The maximum Gasteiger partial charge on any atom is 0.293 e. The summed E-state index contributed by atoms with van der Waals surface area (Å²) >= 11 is 1.52. The van der Waals surface area contributed by atoms with E-state index in [-0.39, 0.29) is 28.3 Å². The molecule has 0 aliphatic heterocycles. The molecular formula is C20H17N3O4S. The highest BCUT2D eigenvalue weighted by Crippen LogP contribution is 2.27. The van der Waals surface area contributed by atoms with E-state index in [0.29, 0.717) is 12.2 Å². The third-order valence-electron chi connectivity index (χ3n) is 4.15. The van der Waals surface area contributed by atoms with Crippen LogP contribution in [0.3, 0.4) is 0 Å². The Kier molecular flexibility index (Phi) is 5.81. The van der Waals surface area contributed by atoms with Crippen molar-refractivity contribution in [2.24, 2.45) is 0 Å². The lowest BCUT2D eigenvalue weighted by Gasteiger charge is -2.10. The molecule has 0 aliphatic rings. The van der Waals surface area contributed by atoms with Gasteiger partial charge in [-0.25, -0.2) is 0 Å². The average molecular weight is 395 g/mol. The van der Waals surface area contributed by atoms with E-state index in [9.17, 15) is 19.7 Å². The minimum atomic E-state index is -0.553. The van der Waals surface area contributed by atoms with Gasteiger partial charge in [0.1, 0.15) is 5.69 Å². The van der Waals surface area contributed by atoms with Crippen molar-refractivity contribution in [3.63, 3.8) is 0 Å². The zero-order chi connectivity index (χ0) is 20.1. The number of amides is 1. The molecule has 0 radical (unpaired) electrons. The molecule has 0 fully saturated rings. The molecule has 0 atom stereocenters. The largest absolute Gasteiger partial charge is 0.383 e. The summed E-state index contributed by atoms with van der Waals surface area (Å²) in [6.07, 6.45) is 0. The SMILES string of the molecule is CNc1ccc(C(=O)c2ccccc2C(=O)NCc2cccs2)cc1[N+](=O)[O-]. The van der Waals surface area contributed by atoms with Gasteiger partial charge in [-0.05, 0) is 29.6 Å². The number of nitro benzene ring substituents is 1. The molecule has 0 saturated carbocycles. The van der Waals surface area contributed by atoms with Gasteiger partial charge in [-0.2, -0.15) is 0 Å². The van der Waals surface area contributed by atoms with Crippen LogP contribution in [0.2, 0.25) is 0 Å². The van der Waals surface area contributed by atoms with Crippen LogP contribution in [-0.2, 0) is 6.54 Å². The van der Waals surface area contributed by atoms with Crippen molar-refractivity contribution in [1.29, 1.82) is 0 Å². The summed E-state index contributed by atoms with van der Waals surface area (Å²) < 4.78 is 0. The number of nitrogens with zero attached hydrogens (tertiary/aromatic N) is 1. The van der Waals surface area contributed by atoms with Gasteiger partial charge in [-0.15, -0.1) is 11.3 Å². The maximum absolute atomic E-state index is 13.0. The van der Waals surface area contributed by atoms with Crippen LogP contribution in [-0.4, -0.2) is 23.7 Å². The number of benzene rings is 2. The van der Waals surface area contributed by atoms with Gasteiger partial charge >= 0.3 is 0 Å². The van der Waals surface area contributed by atoms with Crippen LogP contribution in [0.15, 0.2) is 60.0 Å². The number of thiophene rings is 1. The molecule has 28 heavy (non-hydrogen) atoms. The Morgan fingerprint density at radius 3 is 2.46 bits per heavy atom. The van der Waals surface area contributed by atoms with Gasteiger partial charge in [0.15, 0.2) is 5.78 Å². The van der Waals surface area contributed by atoms with Crippen LogP contribution in [0.4, 0.5) is 11.4 Å². The Bertz CT molecular complexity index is 1030. The van der Waals surface area contributed by atoms with Crippen molar-refractivity contribution >= 4 is 34.4 Å². The molecule has 142 valence electrons. The Morgan fingerprint density at radius 2 is 1.82 bits per heavy atom. The summed E-state index contributed by atoms with van der Waals surface area (Å²) in [5, 5.41) is 18.7. The minimum Gasteiger partial charge on any atom is -0.383 e. The predicted octanol–water partition coefficient (Wildman–Crippen LogP) is 3.86. The van der Waals surface area contributed by atoms with Gasteiger partial charge in [0, 0.05) is 29.1 Å². The first kappa shape index (κ1) is 19.2. The van der Waals surface area contributed by atoms with Crippen LogP contribution in [0.25, 0.3) is 0 Å². The van der Waals surface area contributed by atoms with E-state index < -0.39 is 10.7 Å². The quantitative estimate of drug-likeness (QED) is 0.359. The molecule has 3 aromatic rings. The summed E-state index contributed by atoms with van der Waals surface area (Å²) in [5.74, 6) is -0.827. The minimum absolute atomic E-state index is 0.143. The fourth-order valence-corrected chi connectivity index (χ4v) is 3.39.